The number of anilines is 6. The summed E-state index contributed by atoms with van der Waals surface area (Å²) in [4.78, 5) is 4.76. The summed E-state index contributed by atoms with van der Waals surface area (Å²) in [5.74, 6) is 0. The molecular formula is C42H40N2. The van der Waals surface area contributed by atoms with Crippen molar-refractivity contribution in [3.63, 3.8) is 0 Å². The SMILES string of the molecule is CCCc1ccccc1N(c1ccc(-c2ccc(N(c3ccccc3)c3ccccc3)cc2)cc1)c1ccccc1CCC. The molecule has 2 nitrogen and oxygen atoms in total. The topological polar surface area (TPSA) is 6.48 Å². The Kier molecular flexibility index (Phi) is 9.18. The van der Waals surface area contributed by atoms with Crippen molar-refractivity contribution < 1.29 is 0 Å². The Labute approximate surface area is 262 Å². The van der Waals surface area contributed by atoms with Crippen LogP contribution in [-0.4, -0.2) is 0 Å². The fourth-order valence-electron chi connectivity index (χ4n) is 6.03. The lowest BCUT2D eigenvalue weighted by Crippen LogP contribution is -2.14. The maximum absolute atomic E-state index is 2.46. The minimum Gasteiger partial charge on any atom is -0.311 e. The molecule has 0 amide bonds. The molecule has 218 valence electrons. The number of hydrogen-bond donors (Lipinski definition) is 0. The lowest BCUT2D eigenvalue weighted by molar-refractivity contribution is 0.909. The van der Waals surface area contributed by atoms with E-state index in [1.165, 1.54) is 39.3 Å². The molecule has 0 heterocycles. The summed E-state index contributed by atoms with van der Waals surface area (Å²) < 4.78 is 0. The maximum Gasteiger partial charge on any atom is 0.0493 e. The van der Waals surface area contributed by atoms with Gasteiger partial charge in [-0.25, -0.2) is 0 Å². The third kappa shape index (κ3) is 6.31. The number of nitrogens with zero attached hydrogens (tertiary/aromatic N) is 2. The van der Waals surface area contributed by atoms with Crippen LogP contribution in [0.25, 0.3) is 11.1 Å². The molecule has 0 saturated heterocycles. The van der Waals surface area contributed by atoms with Crippen molar-refractivity contribution in [3.8, 4) is 11.1 Å². The molecular weight excluding hydrogens is 532 g/mol. The predicted octanol–water partition coefficient (Wildman–Crippen LogP) is 12.2. The molecule has 6 rings (SSSR count). The van der Waals surface area contributed by atoms with Gasteiger partial charge in [0.25, 0.3) is 0 Å². The molecule has 0 saturated carbocycles. The zero-order valence-corrected chi connectivity index (χ0v) is 25.7. The minimum absolute atomic E-state index is 1.05. The van der Waals surface area contributed by atoms with Crippen molar-refractivity contribution in [1.29, 1.82) is 0 Å². The van der Waals surface area contributed by atoms with Crippen LogP contribution in [0.5, 0.6) is 0 Å². The summed E-state index contributed by atoms with van der Waals surface area (Å²) in [6.07, 6.45) is 4.33. The second-order valence-electron chi connectivity index (χ2n) is 11.2. The Hall–Kier alpha value is -5.08. The van der Waals surface area contributed by atoms with Gasteiger partial charge in [-0.15, -0.1) is 0 Å². The number of aryl methyl sites for hydroxylation is 2. The van der Waals surface area contributed by atoms with Crippen LogP contribution >= 0.6 is 0 Å². The second kappa shape index (κ2) is 13.9. The predicted molar refractivity (Wildman–Crippen MR) is 189 cm³/mol. The molecule has 0 unspecified atom stereocenters. The van der Waals surface area contributed by atoms with Crippen LogP contribution in [0, 0.1) is 0 Å². The summed E-state index contributed by atoms with van der Waals surface area (Å²) in [6, 6.07) is 56.8. The number of rotatable bonds is 11. The molecule has 6 aromatic rings. The average Bonchev–Trinajstić information content (AvgIpc) is 3.08. The number of hydrogen-bond acceptors (Lipinski definition) is 2. The summed E-state index contributed by atoms with van der Waals surface area (Å²) in [5, 5.41) is 0. The molecule has 0 aliphatic rings. The number of benzene rings is 6. The van der Waals surface area contributed by atoms with Crippen LogP contribution in [0.3, 0.4) is 0 Å². The smallest absolute Gasteiger partial charge is 0.0493 e. The van der Waals surface area contributed by atoms with E-state index in [4.69, 9.17) is 0 Å². The monoisotopic (exact) mass is 572 g/mol. The van der Waals surface area contributed by atoms with E-state index >= 15 is 0 Å². The van der Waals surface area contributed by atoms with Crippen molar-refractivity contribution in [1.82, 2.24) is 0 Å². The zero-order chi connectivity index (χ0) is 30.1. The van der Waals surface area contributed by atoms with E-state index in [0.717, 1.165) is 42.7 Å². The van der Waals surface area contributed by atoms with E-state index in [0.29, 0.717) is 0 Å². The molecule has 0 aliphatic carbocycles. The first-order chi connectivity index (χ1) is 21.8. The number of para-hydroxylation sites is 4. The highest BCUT2D eigenvalue weighted by atomic mass is 15.1. The first-order valence-corrected chi connectivity index (χ1v) is 15.8. The third-order valence-electron chi connectivity index (χ3n) is 8.12. The largest absolute Gasteiger partial charge is 0.311 e. The van der Waals surface area contributed by atoms with Crippen LogP contribution in [0.2, 0.25) is 0 Å². The fourth-order valence-corrected chi connectivity index (χ4v) is 6.03. The molecule has 0 bridgehead atoms. The molecule has 0 aromatic heterocycles. The normalized spacial score (nSPS) is 10.9. The van der Waals surface area contributed by atoms with Gasteiger partial charge in [0.15, 0.2) is 0 Å². The molecule has 2 heteroatoms. The molecule has 6 aromatic carbocycles. The quantitative estimate of drug-likeness (QED) is 0.152. The van der Waals surface area contributed by atoms with Gasteiger partial charge in [0, 0.05) is 34.1 Å². The summed E-state index contributed by atoms with van der Waals surface area (Å²) >= 11 is 0. The summed E-state index contributed by atoms with van der Waals surface area (Å²) in [7, 11) is 0. The van der Waals surface area contributed by atoms with Crippen LogP contribution in [0.4, 0.5) is 34.1 Å². The lowest BCUT2D eigenvalue weighted by atomic mass is 10.0. The Morgan fingerprint density at radius 1 is 0.341 bits per heavy atom. The highest BCUT2D eigenvalue weighted by molar-refractivity contribution is 5.82. The molecule has 44 heavy (non-hydrogen) atoms. The van der Waals surface area contributed by atoms with Crippen molar-refractivity contribution in [3.05, 3.63) is 169 Å². The van der Waals surface area contributed by atoms with E-state index in [1.807, 2.05) is 0 Å². The molecule has 0 fully saturated rings. The fraction of sp³-hybridized carbons (Fsp3) is 0.143. The van der Waals surface area contributed by atoms with Crippen molar-refractivity contribution in [2.24, 2.45) is 0 Å². The van der Waals surface area contributed by atoms with Gasteiger partial charge in [-0.3, -0.25) is 0 Å². The Balaban J connectivity index is 1.35. The molecule has 0 radical (unpaired) electrons. The molecule has 0 aliphatic heterocycles. The van der Waals surface area contributed by atoms with E-state index in [9.17, 15) is 0 Å². The van der Waals surface area contributed by atoms with Crippen molar-refractivity contribution in [2.45, 2.75) is 39.5 Å². The maximum atomic E-state index is 2.46. The zero-order valence-electron chi connectivity index (χ0n) is 25.7. The molecule has 0 atom stereocenters. The minimum atomic E-state index is 1.05. The standard InChI is InChI=1S/C42H40N2/c1-3-15-35-17-11-13-23-41(35)44(42-24-14-12-18-36(42)16-4-2)40-31-27-34(28-32-40)33-25-29-39(30-26-33)43(37-19-7-5-8-20-37)38-21-9-6-10-22-38/h5-14,17-32H,3-4,15-16H2,1-2H3. The van der Waals surface area contributed by atoms with Gasteiger partial charge in [-0.2, -0.15) is 0 Å². The third-order valence-corrected chi connectivity index (χ3v) is 8.12. The molecule has 0 spiro atoms. The van der Waals surface area contributed by atoms with Crippen LogP contribution in [0.1, 0.15) is 37.8 Å². The van der Waals surface area contributed by atoms with Crippen molar-refractivity contribution in [2.75, 3.05) is 9.80 Å². The summed E-state index contributed by atoms with van der Waals surface area (Å²) in [5.41, 5.74) is 12.3. The first kappa shape index (κ1) is 29.0. The van der Waals surface area contributed by atoms with Gasteiger partial charge < -0.3 is 9.80 Å². The van der Waals surface area contributed by atoms with Gasteiger partial charge >= 0.3 is 0 Å². The van der Waals surface area contributed by atoms with Crippen LogP contribution < -0.4 is 9.80 Å². The van der Waals surface area contributed by atoms with E-state index in [1.54, 1.807) is 0 Å². The van der Waals surface area contributed by atoms with Gasteiger partial charge in [-0.05, 0) is 95.8 Å². The Morgan fingerprint density at radius 2 is 0.682 bits per heavy atom. The summed E-state index contributed by atoms with van der Waals surface area (Å²) in [6.45, 7) is 4.51. The molecule has 0 N–H and O–H groups in total. The van der Waals surface area contributed by atoms with Crippen molar-refractivity contribution >= 4 is 34.1 Å². The van der Waals surface area contributed by atoms with Crippen LogP contribution in [-0.2, 0) is 12.8 Å². The van der Waals surface area contributed by atoms with Gasteiger partial charge in [0.1, 0.15) is 0 Å². The average molecular weight is 573 g/mol. The second-order valence-corrected chi connectivity index (χ2v) is 11.2. The van der Waals surface area contributed by atoms with Crippen LogP contribution in [0.15, 0.2) is 158 Å². The van der Waals surface area contributed by atoms with E-state index < -0.39 is 0 Å². The lowest BCUT2D eigenvalue weighted by Gasteiger charge is -2.30. The Morgan fingerprint density at radius 3 is 1.09 bits per heavy atom. The highest BCUT2D eigenvalue weighted by Gasteiger charge is 2.18. The van der Waals surface area contributed by atoms with E-state index in [-0.39, 0.29) is 0 Å². The van der Waals surface area contributed by atoms with Gasteiger partial charge in [0.05, 0.1) is 0 Å². The highest BCUT2D eigenvalue weighted by Crippen LogP contribution is 2.40. The van der Waals surface area contributed by atoms with E-state index in [2.05, 4.69) is 181 Å². The van der Waals surface area contributed by atoms with Gasteiger partial charge in [0.2, 0.25) is 0 Å². The first-order valence-electron chi connectivity index (χ1n) is 15.8. The van der Waals surface area contributed by atoms with Gasteiger partial charge in [-0.1, -0.05) is 124 Å². The Bertz CT molecular complexity index is 1670.